The van der Waals surface area contributed by atoms with Gasteiger partial charge in [-0.25, -0.2) is 4.98 Å². The molecule has 26 heavy (non-hydrogen) atoms. The van der Waals surface area contributed by atoms with E-state index in [-0.39, 0.29) is 5.91 Å². The van der Waals surface area contributed by atoms with Crippen molar-refractivity contribution in [2.75, 3.05) is 32.1 Å². The molecule has 0 bridgehead atoms. The highest BCUT2D eigenvalue weighted by Gasteiger charge is 2.21. The van der Waals surface area contributed by atoms with E-state index in [0.29, 0.717) is 24.9 Å². The molecule has 1 amide bonds. The first-order valence-corrected chi connectivity index (χ1v) is 10.2. The third kappa shape index (κ3) is 3.61. The first kappa shape index (κ1) is 17.5. The van der Waals surface area contributed by atoms with Gasteiger partial charge >= 0.3 is 0 Å². The summed E-state index contributed by atoms with van der Waals surface area (Å²) < 4.78 is 11.3. The van der Waals surface area contributed by atoms with E-state index in [0.717, 1.165) is 52.5 Å². The maximum atomic E-state index is 12.5. The average molecular weight is 372 g/mol. The largest absolute Gasteiger partial charge is 0.486 e. The lowest BCUT2D eigenvalue weighted by atomic mass is 10.0. The van der Waals surface area contributed by atoms with Crippen LogP contribution in [0, 0.1) is 12.8 Å². The zero-order valence-electron chi connectivity index (χ0n) is 15.3. The van der Waals surface area contributed by atoms with Gasteiger partial charge in [-0.15, -0.1) is 0 Å². The number of aromatic nitrogens is 1. The molecular weight excluding hydrogens is 348 g/mol. The number of rotatable bonds is 3. The third-order valence-corrected chi connectivity index (χ3v) is 6.04. The Balaban J connectivity index is 1.51. The molecule has 0 aliphatic carbocycles. The van der Waals surface area contributed by atoms with Crippen molar-refractivity contribution in [1.82, 2.24) is 9.88 Å². The topological polar surface area (TPSA) is 51.7 Å². The second-order valence-electron chi connectivity index (χ2n) is 7.17. The molecule has 0 N–H and O–H groups in total. The Bertz CT molecular complexity index is 839. The smallest absolute Gasteiger partial charge is 0.232 e. The molecule has 1 fully saturated rings. The molecule has 3 heterocycles. The number of hydrogen-bond donors (Lipinski definition) is 0. The third-order valence-electron chi connectivity index (χ3n) is 4.96. The van der Waals surface area contributed by atoms with Gasteiger partial charge in [-0.3, -0.25) is 4.79 Å². The fraction of sp³-hybridized carbons (Fsp3) is 0.500. The Labute approximate surface area is 158 Å². The number of hydrogen-bond acceptors (Lipinski definition) is 5. The van der Waals surface area contributed by atoms with Gasteiger partial charge in [0, 0.05) is 24.5 Å². The van der Waals surface area contributed by atoms with Crippen molar-refractivity contribution in [2.45, 2.75) is 31.7 Å². The normalized spacial score (nSPS) is 19.6. The molecule has 0 spiro atoms. The standard InChI is InChI=1S/C20H24N2O3S/c1-13-4-3-5-22(11-13)19(23)12-26-20-14(2)8-15-9-17-18(10-16(15)21-20)25-7-6-24-17/h8-10,13H,3-7,11-12H2,1-2H3/t13-/m1/s1. The van der Waals surface area contributed by atoms with Gasteiger partial charge in [-0.1, -0.05) is 18.7 Å². The molecule has 5 nitrogen and oxygen atoms in total. The first-order valence-electron chi connectivity index (χ1n) is 9.22. The first-order chi connectivity index (χ1) is 12.6. The highest BCUT2D eigenvalue weighted by Crippen LogP contribution is 2.35. The lowest BCUT2D eigenvalue weighted by Crippen LogP contribution is -2.40. The van der Waals surface area contributed by atoms with Gasteiger partial charge < -0.3 is 14.4 Å². The Morgan fingerprint density at radius 1 is 1.27 bits per heavy atom. The van der Waals surface area contributed by atoms with Crippen LogP contribution in [0.15, 0.2) is 23.2 Å². The number of aryl methyl sites for hydroxylation is 1. The summed E-state index contributed by atoms with van der Waals surface area (Å²) in [4.78, 5) is 19.3. The lowest BCUT2D eigenvalue weighted by molar-refractivity contribution is -0.130. The van der Waals surface area contributed by atoms with E-state index in [4.69, 9.17) is 14.5 Å². The number of likely N-dealkylation sites (tertiary alicyclic amines) is 1. The SMILES string of the molecule is Cc1cc2cc3c(cc2nc1SCC(=O)N1CCC[C@@H](C)C1)OCCO3. The molecule has 4 rings (SSSR count). The monoisotopic (exact) mass is 372 g/mol. The highest BCUT2D eigenvalue weighted by molar-refractivity contribution is 7.99. The second kappa shape index (κ2) is 7.35. The minimum absolute atomic E-state index is 0.213. The molecule has 2 aliphatic rings. The van der Waals surface area contributed by atoms with E-state index in [1.165, 1.54) is 18.2 Å². The molecule has 0 unspecified atom stereocenters. The van der Waals surface area contributed by atoms with Crippen LogP contribution in [-0.4, -0.2) is 47.8 Å². The maximum absolute atomic E-state index is 12.5. The van der Waals surface area contributed by atoms with Gasteiger partial charge in [0.2, 0.25) is 5.91 Å². The van der Waals surface area contributed by atoms with Gasteiger partial charge in [0.25, 0.3) is 0 Å². The molecule has 0 saturated carbocycles. The van der Waals surface area contributed by atoms with Crippen molar-refractivity contribution in [3.8, 4) is 11.5 Å². The predicted molar refractivity (Wildman–Crippen MR) is 103 cm³/mol. The van der Waals surface area contributed by atoms with E-state index >= 15 is 0 Å². The second-order valence-corrected chi connectivity index (χ2v) is 8.14. The number of amides is 1. The van der Waals surface area contributed by atoms with E-state index in [2.05, 4.69) is 13.0 Å². The number of fused-ring (bicyclic) bond motifs is 2. The van der Waals surface area contributed by atoms with Gasteiger partial charge in [-0.2, -0.15) is 0 Å². The molecule has 0 radical (unpaired) electrons. The molecule has 6 heteroatoms. The van der Waals surface area contributed by atoms with Crippen LogP contribution in [0.2, 0.25) is 0 Å². The molecule has 1 atom stereocenters. The van der Waals surface area contributed by atoms with Crippen LogP contribution >= 0.6 is 11.8 Å². The minimum Gasteiger partial charge on any atom is -0.486 e. The average Bonchev–Trinajstić information content (AvgIpc) is 2.64. The van der Waals surface area contributed by atoms with Gasteiger partial charge in [-0.05, 0) is 43.4 Å². The Morgan fingerprint density at radius 2 is 2.04 bits per heavy atom. The van der Waals surface area contributed by atoms with E-state index in [9.17, 15) is 4.79 Å². The summed E-state index contributed by atoms with van der Waals surface area (Å²) in [6.45, 7) is 7.17. The summed E-state index contributed by atoms with van der Waals surface area (Å²) in [5.74, 6) is 2.78. The van der Waals surface area contributed by atoms with E-state index in [1.807, 2.05) is 24.0 Å². The Kier molecular flexibility index (Phi) is 4.94. The van der Waals surface area contributed by atoms with Crippen LogP contribution in [0.4, 0.5) is 0 Å². The summed E-state index contributed by atoms with van der Waals surface area (Å²) >= 11 is 1.53. The van der Waals surface area contributed by atoms with Crippen molar-refractivity contribution in [1.29, 1.82) is 0 Å². The molecular formula is C20H24N2O3S. The summed E-state index contributed by atoms with van der Waals surface area (Å²) in [6, 6.07) is 6.02. The zero-order valence-corrected chi connectivity index (χ0v) is 16.1. The Morgan fingerprint density at radius 3 is 2.81 bits per heavy atom. The molecule has 1 aromatic carbocycles. The lowest BCUT2D eigenvalue weighted by Gasteiger charge is -2.30. The Hall–Kier alpha value is -1.95. The van der Waals surface area contributed by atoms with Crippen LogP contribution in [0.5, 0.6) is 11.5 Å². The predicted octanol–water partition coefficient (Wildman–Crippen LogP) is 3.67. The zero-order chi connectivity index (χ0) is 18.1. The summed E-state index contributed by atoms with van der Waals surface area (Å²) in [5, 5.41) is 1.94. The van der Waals surface area contributed by atoms with Gasteiger partial charge in [0.05, 0.1) is 11.3 Å². The summed E-state index contributed by atoms with van der Waals surface area (Å²) in [6.07, 6.45) is 2.33. The minimum atomic E-state index is 0.213. The summed E-state index contributed by atoms with van der Waals surface area (Å²) in [5.41, 5.74) is 1.96. The van der Waals surface area contributed by atoms with Crippen molar-refractivity contribution < 1.29 is 14.3 Å². The van der Waals surface area contributed by atoms with Crippen molar-refractivity contribution in [3.63, 3.8) is 0 Å². The molecule has 2 aliphatic heterocycles. The van der Waals surface area contributed by atoms with E-state index in [1.54, 1.807) is 0 Å². The number of carbonyl (C=O) groups is 1. The number of nitrogens with zero attached hydrogens (tertiary/aromatic N) is 2. The molecule has 2 aromatic rings. The number of benzene rings is 1. The van der Waals surface area contributed by atoms with Gasteiger partial charge in [0.1, 0.15) is 18.2 Å². The quantitative estimate of drug-likeness (QED) is 0.770. The van der Waals surface area contributed by atoms with Crippen LogP contribution in [0.1, 0.15) is 25.3 Å². The maximum Gasteiger partial charge on any atom is 0.232 e. The van der Waals surface area contributed by atoms with Crippen molar-refractivity contribution in [2.24, 2.45) is 5.92 Å². The summed E-state index contributed by atoms with van der Waals surface area (Å²) in [7, 11) is 0. The van der Waals surface area contributed by atoms with Crippen LogP contribution in [0.3, 0.4) is 0 Å². The molecule has 1 saturated heterocycles. The van der Waals surface area contributed by atoms with Crippen molar-refractivity contribution in [3.05, 3.63) is 23.8 Å². The fourth-order valence-electron chi connectivity index (χ4n) is 3.58. The van der Waals surface area contributed by atoms with Crippen molar-refractivity contribution >= 4 is 28.6 Å². The molecule has 138 valence electrons. The molecule has 1 aromatic heterocycles. The fourth-order valence-corrected chi connectivity index (χ4v) is 4.47. The number of piperidine rings is 1. The number of carbonyl (C=O) groups excluding carboxylic acids is 1. The van der Waals surface area contributed by atoms with Crippen LogP contribution < -0.4 is 9.47 Å². The number of ether oxygens (including phenoxy) is 2. The van der Waals surface area contributed by atoms with E-state index < -0.39 is 0 Å². The number of pyridine rings is 1. The highest BCUT2D eigenvalue weighted by atomic mass is 32.2. The number of thioether (sulfide) groups is 1. The van der Waals surface area contributed by atoms with Gasteiger partial charge in [0.15, 0.2) is 11.5 Å². The van der Waals surface area contributed by atoms with Crippen LogP contribution in [0.25, 0.3) is 10.9 Å². The van der Waals surface area contributed by atoms with Crippen LogP contribution in [-0.2, 0) is 4.79 Å².